The van der Waals surface area contributed by atoms with Crippen LogP contribution in [0.15, 0.2) is 24.4 Å². The average Bonchev–Trinajstić information content (AvgIpc) is 2.25. The molecule has 1 heterocycles. The predicted octanol–water partition coefficient (Wildman–Crippen LogP) is 1.55. The Morgan fingerprint density at radius 2 is 1.90 bits per heavy atom. The fourth-order valence-corrected chi connectivity index (χ4v) is 0.533. The monoisotopic (exact) mass is 139 g/mol. The minimum Gasteiger partial charge on any atom is -0.313 e. The molecule has 0 aromatic rings. The Balaban J connectivity index is 0.000000371. The molecule has 0 bridgehead atoms. The lowest BCUT2D eigenvalue weighted by atomic mass is 10.5. The highest BCUT2D eigenvalue weighted by Crippen LogP contribution is 2.07. The minimum atomic E-state index is 0.00926. The van der Waals surface area contributed by atoms with E-state index in [0.717, 1.165) is 5.70 Å². The second kappa shape index (κ2) is 3.88. The second-order valence-corrected chi connectivity index (χ2v) is 1.72. The molecule has 0 saturated heterocycles. The van der Waals surface area contributed by atoms with Crippen molar-refractivity contribution in [3.05, 3.63) is 24.4 Å². The highest BCUT2D eigenvalue weighted by atomic mass is 16.2. The molecule has 0 radical (unpaired) electrons. The van der Waals surface area contributed by atoms with Crippen molar-refractivity contribution in [2.75, 3.05) is 7.05 Å². The molecule has 0 unspecified atom stereocenters. The summed E-state index contributed by atoms with van der Waals surface area (Å²) in [4.78, 5) is 12.1. The first-order valence-corrected chi connectivity index (χ1v) is 3.36. The molecule has 0 aromatic heterocycles. The molecule has 0 fully saturated rings. The molecule has 0 aliphatic carbocycles. The fourth-order valence-electron chi connectivity index (χ4n) is 0.533. The van der Waals surface area contributed by atoms with Crippen molar-refractivity contribution in [3.63, 3.8) is 0 Å². The third-order valence-corrected chi connectivity index (χ3v) is 1.18. The molecule has 56 valence electrons. The molecule has 2 nitrogen and oxygen atoms in total. The maximum Gasteiger partial charge on any atom is 0.250 e. The number of allylic oxidation sites excluding steroid dienone is 1. The smallest absolute Gasteiger partial charge is 0.250 e. The zero-order chi connectivity index (χ0) is 8.15. The predicted molar refractivity (Wildman–Crippen MR) is 42.4 cm³/mol. The molecular formula is C8H13NO. The van der Waals surface area contributed by atoms with E-state index < -0.39 is 0 Å². The third kappa shape index (κ3) is 1.72. The van der Waals surface area contributed by atoms with Crippen molar-refractivity contribution in [2.24, 2.45) is 0 Å². The van der Waals surface area contributed by atoms with E-state index >= 15 is 0 Å². The lowest BCUT2D eigenvalue weighted by Crippen LogP contribution is -2.16. The Morgan fingerprint density at radius 1 is 1.40 bits per heavy atom. The number of likely N-dealkylation sites (N-methyl/N-ethyl adjacent to an activating group) is 1. The molecule has 1 amide bonds. The zero-order valence-corrected chi connectivity index (χ0v) is 6.72. The fraction of sp³-hybridized carbons (Fsp3) is 0.375. The van der Waals surface area contributed by atoms with Gasteiger partial charge in [0.15, 0.2) is 0 Å². The summed E-state index contributed by atoms with van der Waals surface area (Å²) in [6.07, 6.45) is 3.20. The van der Waals surface area contributed by atoms with E-state index in [1.807, 2.05) is 13.8 Å². The van der Waals surface area contributed by atoms with Crippen LogP contribution in [0.1, 0.15) is 13.8 Å². The van der Waals surface area contributed by atoms with Crippen molar-refractivity contribution in [3.8, 4) is 0 Å². The molecule has 0 aromatic carbocycles. The SMILES string of the molecule is C=C1C=CC(=O)N1C.CC. The molecule has 0 saturated carbocycles. The summed E-state index contributed by atoms with van der Waals surface area (Å²) in [5.74, 6) is 0.00926. The van der Waals surface area contributed by atoms with Gasteiger partial charge in [-0.2, -0.15) is 0 Å². The van der Waals surface area contributed by atoms with Gasteiger partial charge in [0.05, 0.1) is 0 Å². The summed E-state index contributed by atoms with van der Waals surface area (Å²) < 4.78 is 0. The van der Waals surface area contributed by atoms with Crippen LogP contribution in [0.5, 0.6) is 0 Å². The van der Waals surface area contributed by atoms with E-state index in [1.54, 1.807) is 13.1 Å². The van der Waals surface area contributed by atoms with Gasteiger partial charge in [0, 0.05) is 18.8 Å². The Hall–Kier alpha value is -1.05. The van der Waals surface area contributed by atoms with Crippen molar-refractivity contribution < 1.29 is 4.79 Å². The molecule has 0 spiro atoms. The van der Waals surface area contributed by atoms with Crippen LogP contribution in [0.3, 0.4) is 0 Å². The number of hydrogen-bond acceptors (Lipinski definition) is 1. The summed E-state index contributed by atoms with van der Waals surface area (Å²) >= 11 is 0. The molecule has 1 aliphatic rings. The lowest BCUT2D eigenvalue weighted by molar-refractivity contribution is -0.122. The standard InChI is InChI=1S/C6H7NO.C2H6/c1-5-3-4-6(8)7(5)2;1-2/h3-4H,1H2,2H3;1-2H3. The first-order valence-electron chi connectivity index (χ1n) is 3.36. The van der Waals surface area contributed by atoms with Crippen LogP contribution >= 0.6 is 0 Å². The summed E-state index contributed by atoms with van der Waals surface area (Å²) in [5.41, 5.74) is 0.759. The molecule has 2 heteroatoms. The Bertz CT molecular complexity index is 152. The topological polar surface area (TPSA) is 20.3 Å². The van der Waals surface area contributed by atoms with Crippen LogP contribution in [-0.2, 0) is 4.79 Å². The van der Waals surface area contributed by atoms with Gasteiger partial charge in [-0.05, 0) is 6.08 Å². The van der Waals surface area contributed by atoms with Gasteiger partial charge in [-0.1, -0.05) is 20.4 Å². The van der Waals surface area contributed by atoms with Crippen LogP contribution in [0, 0.1) is 0 Å². The maximum absolute atomic E-state index is 10.6. The van der Waals surface area contributed by atoms with Crippen LogP contribution in [0.4, 0.5) is 0 Å². The second-order valence-electron chi connectivity index (χ2n) is 1.72. The first-order chi connectivity index (χ1) is 4.72. The van der Waals surface area contributed by atoms with Crippen molar-refractivity contribution in [2.45, 2.75) is 13.8 Å². The number of nitrogens with zero attached hydrogens (tertiary/aromatic N) is 1. The zero-order valence-electron chi connectivity index (χ0n) is 6.72. The van der Waals surface area contributed by atoms with E-state index in [1.165, 1.54) is 11.0 Å². The molecule has 0 atom stereocenters. The van der Waals surface area contributed by atoms with E-state index in [4.69, 9.17) is 0 Å². The van der Waals surface area contributed by atoms with Gasteiger partial charge in [0.2, 0.25) is 0 Å². The molecule has 10 heavy (non-hydrogen) atoms. The van der Waals surface area contributed by atoms with Crippen LogP contribution < -0.4 is 0 Å². The van der Waals surface area contributed by atoms with Crippen LogP contribution in [0.25, 0.3) is 0 Å². The number of carbonyl (C=O) groups is 1. The van der Waals surface area contributed by atoms with Gasteiger partial charge < -0.3 is 4.90 Å². The van der Waals surface area contributed by atoms with E-state index in [2.05, 4.69) is 6.58 Å². The highest BCUT2D eigenvalue weighted by molar-refractivity contribution is 5.92. The molecule has 1 rings (SSSR count). The number of hydrogen-bond donors (Lipinski definition) is 0. The number of amides is 1. The van der Waals surface area contributed by atoms with Gasteiger partial charge >= 0.3 is 0 Å². The average molecular weight is 139 g/mol. The molecule has 1 aliphatic heterocycles. The van der Waals surface area contributed by atoms with E-state index in [9.17, 15) is 4.79 Å². The number of carbonyl (C=O) groups excluding carboxylic acids is 1. The van der Waals surface area contributed by atoms with Crippen molar-refractivity contribution in [1.29, 1.82) is 0 Å². The maximum atomic E-state index is 10.6. The highest BCUT2D eigenvalue weighted by Gasteiger charge is 2.11. The van der Waals surface area contributed by atoms with E-state index in [-0.39, 0.29) is 5.91 Å². The Morgan fingerprint density at radius 3 is 2.00 bits per heavy atom. The Kier molecular flexibility index (Phi) is 3.47. The van der Waals surface area contributed by atoms with Gasteiger partial charge in [0.25, 0.3) is 5.91 Å². The van der Waals surface area contributed by atoms with Crippen LogP contribution in [0.2, 0.25) is 0 Å². The summed E-state index contributed by atoms with van der Waals surface area (Å²) in [6, 6.07) is 0. The van der Waals surface area contributed by atoms with E-state index in [0.29, 0.717) is 0 Å². The van der Waals surface area contributed by atoms with Crippen molar-refractivity contribution in [1.82, 2.24) is 4.90 Å². The largest absolute Gasteiger partial charge is 0.313 e. The van der Waals surface area contributed by atoms with Gasteiger partial charge in [0.1, 0.15) is 0 Å². The third-order valence-electron chi connectivity index (χ3n) is 1.18. The molecular weight excluding hydrogens is 126 g/mol. The van der Waals surface area contributed by atoms with Gasteiger partial charge in [-0.3, -0.25) is 4.79 Å². The minimum absolute atomic E-state index is 0.00926. The summed E-state index contributed by atoms with van der Waals surface area (Å²) in [5, 5.41) is 0. The number of rotatable bonds is 0. The molecule has 0 N–H and O–H groups in total. The summed E-state index contributed by atoms with van der Waals surface area (Å²) in [6.45, 7) is 7.60. The van der Waals surface area contributed by atoms with Crippen molar-refractivity contribution >= 4 is 5.91 Å². The van der Waals surface area contributed by atoms with Gasteiger partial charge in [-0.25, -0.2) is 0 Å². The quantitative estimate of drug-likeness (QED) is 0.498. The summed E-state index contributed by atoms with van der Waals surface area (Å²) in [7, 11) is 1.70. The van der Waals surface area contributed by atoms with Crippen LogP contribution in [-0.4, -0.2) is 17.9 Å². The lowest BCUT2D eigenvalue weighted by Gasteiger charge is -2.06. The normalized spacial score (nSPS) is 15.3. The Labute approximate surface area is 61.8 Å². The van der Waals surface area contributed by atoms with Gasteiger partial charge in [-0.15, -0.1) is 0 Å². The first kappa shape index (κ1) is 8.95.